The zero-order chi connectivity index (χ0) is 12.4. The molecule has 1 aromatic rings. The zero-order valence-corrected chi connectivity index (χ0v) is 9.15. The number of likely N-dealkylation sites (tertiary alicyclic amines) is 1. The summed E-state index contributed by atoms with van der Waals surface area (Å²) in [6, 6.07) is 3.62. The SMILES string of the molecule is O=C(O)c1ccc(F)c(CN2CCCC2=O)c1. The van der Waals surface area contributed by atoms with E-state index in [1.807, 2.05) is 0 Å². The molecule has 1 heterocycles. The van der Waals surface area contributed by atoms with Gasteiger partial charge >= 0.3 is 5.97 Å². The van der Waals surface area contributed by atoms with Crippen LogP contribution in [0.3, 0.4) is 0 Å². The topological polar surface area (TPSA) is 57.6 Å². The summed E-state index contributed by atoms with van der Waals surface area (Å²) in [5.41, 5.74) is 0.285. The van der Waals surface area contributed by atoms with Crippen LogP contribution in [0, 0.1) is 5.82 Å². The fourth-order valence-electron chi connectivity index (χ4n) is 1.91. The van der Waals surface area contributed by atoms with Gasteiger partial charge in [0.05, 0.1) is 5.56 Å². The normalized spacial score (nSPS) is 15.4. The number of hydrogen-bond acceptors (Lipinski definition) is 2. The first-order chi connectivity index (χ1) is 8.08. The average molecular weight is 237 g/mol. The molecule has 0 radical (unpaired) electrons. The van der Waals surface area contributed by atoms with Crippen LogP contribution in [0.25, 0.3) is 0 Å². The molecule has 1 aliphatic rings. The summed E-state index contributed by atoms with van der Waals surface area (Å²) >= 11 is 0. The largest absolute Gasteiger partial charge is 0.478 e. The Morgan fingerprint density at radius 2 is 2.24 bits per heavy atom. The number of carbonyl (C=O) groups excluding carboxylic acids is 1. The van der Waals surface area contributed by atoms with Gasteiger partial charge in [-0.05, 0) is 24.6 Å². The average Bonchev–Trinajstić information content (AvgIpc) is 2.67. The molecule has 1 N–H and O–H groups in total. The van der Waals surface area contributed by atoms with Crippen molar-refractivity contribution in [1.82, 2.24) is 4.90 Å². The molecule has 4 nitrogen and oxygen atoms in total. The molecule has 1 aliphatic heterocycles. The second-order valence-electron chi connectivity index (χ2n) is 4.03. The summed E-state index contributed by atoms with van der Waals surface area (Å²) in [6.45, 7) is 0.751. The number of hydrogen-bond donors (Lipinski definition) is 1. The van der Waals surface area contributed by atoms with Crippen LogP contribution in [0.2, 0.25) is 0 Å². The van der Waals surface area contributed by atoms with Gasteiger partial charge in [0, 0.05) is 25.1 Å². The fourth-order valence-corrected chi connectivity index (χ4v) is 1.91. The van der Waals surface area contributed by atoms with Gasteiger partial charge in [0.15, 0.2) is 0 Å². The minimum atomic E-state index is -1.10. The highest BCUT2D eigenvalue weighted by molar-refractivity contribution is 5.87. The molecular formula is C12H12FNO3. The third-order valence-electron chi connectivity index (χ3n) is 2.83. The number of rotatable bonds is 3. The molecule has 0 aliphatic carbocycles. The Labute approximate surface area is 97.7 Å². The number of benzene rings is 1. The first-order valence-electron chi connectivity index (χ1n) is 5.37. The van der Waals surface area contributed by atoms with Gasteiger partial charge in [0.2, 0.25) is 5.91 Å². The molecule has 17 heavy (non-hydrogen) atoms. The molecule has 2 rings (SSSR count). The third-order valence-corrected chi connectivity index (χ3v) is 2.83. The molecule has 0 spiro atoms. The van der Waals surface area contributed by atoms with E-state index in [0.29, 0.717) is 13.0 Å². The first-order valence-corrected chi connectivity index (χ1v) is 5.37. The predicted octanol–water partition coefficient (Wildman–Crippen LogP) is 1.65. The van der Waals surface area contributed by atoms with Gasteiger partial charge in [-0.15, -0.1) is 0 Å². The molecular weight excluding hydrogens is 225 g/mol. The highest BCUT2D eigenvalue weighted by Crippen LogP contribution is 2.17. The number of halogens is 1. The Morgan fingerprint density at radius 1 is 1.47 bits per heavy atom. The van der Waals surface area contributed by atoms with E-state index in [1.165, 1.54) is 12.1 Å². The van der Waals surface area contributed by atoms with Crippen molar-refractivity contribution in [2.45, 2.75) is 19.4 Å². The predicted molar refractivity (Wildman–Crippen MR) is 58.0 cm³/mol. The molecule has 0 bridgehead atoms. The molecule has 5 heteroatoms. The molecule has 1 fully saturated rings. The Hall–Kier alpha value is -1.91. The van der Waals surface area contributed by atoms with Crippen molar-refractivity contribution >= 4 is 11.9 Å². The maximum Gasteiger partial charge on any atom is 0.335 e. The van der Waals surface area contributed by atoms with Crippen molar-refractivity contribution in [3.63, 3.8) is 0 Å². The van der Waals surface area contributed by atoms with Crippen LogP contribution in [-0.2, 0) is 11.3 Å². The lowest BCUT2D eigenvalue weighted by Crippen LogP contribution is -2.24. The lowest BCUT2D eigenvalue weighted by Gasteiger charge is -2.16. The van der Waals surface area contributed by atoms with Crippen LogP contribution in [0.4, 0.5) is 4.39 Å². The monoisotopic (exact) mass is 237 g/mol. The Morgan fingerprint density at radius 3 is 2.82 bits per heavy atom. The smallest absolute Gasteiger partial charge is 0.335 e. The number of carbonyl (C=O) groups is 2. The van der Waals surface area contributed by atoms with Crippen molar-refractivity contribution in [1.29, 1.82) is 0 Å². The number of carboxylic acid groups (broad SMARTS) is 1. The van der Waals surface area contributed by atoms with Gasteiger partial charge < -0.3 is 10.0 Å². The minimum absolute atomic E-state index is 0.00914. The maximum atomic E-state index is 13.5. The molecule has 1 saturated heterocycles. The van der Waals surface area contributed by atoms with Gasteiger partial charge in [-0.2, -0.15) is 0 Å². The van der Waals surface area contributed by atoms with Crippen LogP contribution >= 0.6 is 0 Å². The molecule has 0 atom stereocenters. The summed E-state index contributed by atoms with van der Waals surface area (Å²) in [5.74, 6) is -1.58. The summed E-state index contributed by atoms with van der Waals surface area (Å²) in [4.78, 5) is 23.7. The zero-order valence-electron chi connectivity index (χ0n) is 9.15. The number of nitrogens with zero attached hydrogens (tertiary/aromatic N) is 1. The quantitative estimate of drug-likeness (QED) is 0.869. The van der Waals surface area contributed by atoms with E-state index in [0.717, 1.165) is 12.5 Å². The maximum absolute atomic E-state index is 13.5. The molecule has 0 aromatic heterocycles. The second kappa shape index (κ2) is 4.53. The summed E-state index contributed by atoms with van der Waals surface area (Å²) in [6.07, 6.45) is 1.26. The molecule has 1 amide bonds. The second-order valence-corrected chi connectivity index (χ2v) is 4.03. The van der Waals surface area contributed by atoms with Crippen LogP contribution < -0.4 is 0 Å². The van der Waals surface area contributed by atoms with Crippen LogP contribution in [0.15, 0.2) is 18.2 Å². The van der Waals surface area contributed by atoms with E-state index < -0.39 is 11.8 Å². The van der Waals surface area contributed by atoms with Crippen LogP contribution in [-0.4, -0.2) is 28.4 Å². The van der Waals surface area contributed by atoms with Gasteiger partial charge in [-0.3, -0.25) is 4.79 Å². The Kier molecular flexibility index (Phi) is 3.08. The van der Waals surface area contributed by atoms with Crippen molar-refractivity contribution in [3.05, 3.63) is 35.1 Å². The summed E-state index contributed by atoms with van der Waals surface area (Å²) in [5, 5.41) is 8.81. The van der Waals surface area contributed by atoms with Crippen LogP contribution in [0.1, 0.15) is 28.8 Å². The Bertz CT molecular complexity index is 473. The van der Waals surface area contributed by atoms with Gasteiger partial charge in [0.1, 0.15) is 5.82 Å². The van der Waals surface area contributed by atoms with Gasteiger partial charge in [-0.1, -0.05) is 0 Å². The Balaban J connectivity index is 2.22. The highest BCUT2D eigenvalue weighted by atomic mass is 19.1. The van der Waals surface area contributed by atoms with Crippen molar-refractivity contribution in [2.75, 3.05) is 6.54 Å². The molecule has 0 unspecified atom stereocenters. The van der Waals surface area contributed by atoms with Crippen LogP contribution in [0.5, 0.6) is 0 Å². The summed E-state index contributed by atoms with van der Waals surface area (Å²) in [7, 11) is 0. The molecule has 0 saturated carbocycles. The number of amides is 1. The van der Waals surface area contributed by atoms with Gasteiger partial charge in [0.25, 0.3) is 0 Å². The van der Waals surface area contributed by atoms with Gasteiger partial charge in [-0.25, -0.2) is 9.18 Å². The first kappa shape index (κ1) is 11.6. The van der Waals surface area contributed by atoms with Crippen molar-refractivity contribution in [3.8, 4) is 0 Å². The minimum Gasteiger partial charge on any atom is -0.478 e. The number of aromatic carboxylic acids is 1. The van der Waals surface area contributed by atoms with E-state index in [1.54, 1.807) is 4.90 Å². The fraction of sp³-hybridized carbons (Fsp3) is 0.333. The van der Waals surface area contributed by atoms with E-state index in [9.17, 15) is 14.0 Å². The standard InChI is InChI=1S/C12H12FNO3/c13-10-4-3-8(12(16)17)6-9(10)7-14-5-1-2-11(14)15/h3-4,6H,1-2,5,7H2,(H,16,17). The van der Waals surface area contributed by atoms with Crippen molar-refractivity contribution < 1.29 is 19.1 Å². The van der Waals surface area contributed by atoms with E-state index in [-0.39, 0.29) is 23.6 Å². The molecule has 90 valence electrons. The highest BCUT2D eigenvalue weighted by Gasteiger charge is 2.21. The van der Waals surface area contributed by atoms with Crippen molar-refractivity contribution in [2.24, 2.45) is 0 Å². The number of carboxylic acids is 1. The lowest BCUT2D eigenvalue weighted by atomic mass is 10.1. The molecule has 1 aromatic carbocycles. The van der Waals surface area contributed by atoms with E-state index >= 15 is 0 Å². The van der Waals surface area contributed by atoms with E-state index in [2.05, 4.69) is 0 Å². The lowest BCUT2D eigenvalue weighted by molar-refractivity contribution is -0.128. The van der Waals surface area contributed by atoms with E-state index in [4.69, 9.17) is 5.11 Å². The third kappa shape index (κ3) is 2.43. The summed E-state index contributed by atoms with van der Waals surface area (Å²) < 4.78 is 13.5.